The summed E-state index contributed by atoms with van der Waals surface area (Å²) in [5.41, 5.74) is 5.94. The second-order valence-electron chi connectivity index (χ2n) is 6.48. The first-order valence-electron chi connectivity index (χ1n) is 9.18. The number of esters is 1. The molecule has 32 heavy (non-hydrogen) atoms. The Morgan fingerprint density at radius 1 is 1.03 bits per heavy atom. The number of sulfonamides is 1. The zero-order valence-electron chi connectivity index (χ0n) is 16.8. The summed E-state index contributed by atoms with van der Waals surface area (Å²) in [6, 6.07) is 15.2. The zero-order valence-corrected chi connectivity index (χ0v) is 18.5. The summed E-state index contributed by atoms with van der Waals surface area (Å²) in [7, 11) is -2.39. The maximum absolute atomic E-state index is 12.8. The molecule has 3 aromatic rings. The van der Waals surface area contributed by atoms with Crippen molar-refractivity contribution >= 4 is 49.8 Å². The first-order valence-corrected chi connectivity index (χ1v) is 11.5. The molecular weight excluding hydrogens is 454 g/mol. The summed E-state index contributed by atoms with van der Waals surface area (Å²) >= 11 is 1.11. The van der Waals surface area contributed by atoms with Gasteiger partial charge in [0.25, 0.3) is 21.8 Å². The number of nitrogens with zero attached hydrogens (tertiary/aromatic N) is 1. The fraction of sp³-hybridized carbons (Fsp3) is 0.0952. The van der Waals surface area contributed by atoms with E-state index in [2.05, 4.69) is 5.32 Å². The lowest BCUT2D eigenvalue weighted by atomic mass is 10.2. The number of ether oxygens (including phenoxy) is 1. The second-order valence-corrected chi connectivity index (χ2v) is 9.37. The number of nitrogens with two attached hydrogens (primary N) is 1. The Kier molecular flexibility index (Phi) is 6.91. The molecule has 2 amide bonds. The number of rotatable bonds is 8. The smallest absolute Gasteiger partial charge is 0.338 e. The monoisotopic (exact) mass is 473 g/mol. The predicted octanol–water partition coefficient (Wildman–Crippen LogP) is 2.47. The van der Waals surface area contributed by atoms with Crippen LogP contribution in [0.3, 0.4) is 0 Å². The maximum Gasteiger partial charge on any atom is 0.338 e. The van der Waals surface area contributed by atoms with Gasteiger partial charge in [0.2, 0.25) is 0 Å². The largest absolute Gasteiger partial charge is 0.452 e. The summed E-state index contributed by atoms with van der Waals surface area (Å²) in [6.07, 6.45) is 0. The van der Waals surface area contributed by atoms with Crippen LogP contribution in [-0.4, -0.2) is 39.9 Å². The van der Waals surface area contributed by atoms with Crippen LogP contribution in [0.2, 0.25) is 0 Å². The Labute approximate surface area is 188 Å². The van der Waals surface area contributed by atoms with Crippen molar-refractivity contribution < 1.29 is 27.5 Å². The van der Waals surface area contributed by atoms with Crippen LogP contribution < -0.4 is 15.4 Å². The molecule has 1 aromatic heterocycles. The van der Waals surface area contributed by atoms with E-state index < -0.39 is 34.4 Å². The third-order valence-corrected chi connectivity index (χ3v) is 7.02. The molecular formula is C21H19N3O6S2. The van der Waals surface area contributed by atoms with E-state index in [4.69, 9.17) is 10.5 Å². The van der Waals surface area contributed by atoms with Crippen molar-refractivity contribution in [3.63, 3.8) is 0 Å². The van der Waals surface area contributed by atoms with Crippen molar-refractivity contribution in [3.8, 4) is 0 Å². The van der Waals surface area contributed by atoms with E-state index in [0.29, 0.717) is 5.69 Å². The van der Waals surface area contributed by atoms with E-state index in [0.717, 1.165) is 15.6 Å². The van der Waals surface area contributed by atoms with Crippen LogP contribution >= 0.6 is 11.3 Å². The first kappa shape index (κ1) is 23.0. The number of anilines is 2. The van der Waals surface area contributed by atoms with Gasteiger partial charge in [-0.05, 0) is 47.8 Å². The van der Waals surface area contributed by atoms with Crippen molar-refractivity contribution in [2.75, 3.05) is 23.3 Å². The Balaban J connectivity index is 1.62. The molecule has 0 bridgehead atoms. The molecule has 0 saturated heterocycles. The maximum atomic E-state index is 12.8. The van der Waals surface area contributed by atoms with Gasteiger partial charge < -0.3 is 15.8 Å². The van der Waals surface area contributed by atoms with Crippen molar-refractivity contribution in [3.05, 3.63) is 77.2 Å². The minimum absolute atomic E-state index is 0.00479. The number of hydrogen-bond donors (Lipinski definition) is 2. The summed E-state index contributed by atoms with van der Waals surface area (Å²) in [4.78, 5) is 35.5. The molecule has 0 unspecified atom stereocenters. The van der Waals surface area contributed by atoms with Crippen molar-refractivity contribution in [1.82, 2.24) is 0 Å². The number of thiophene rings is 1. The highest BCUT2D eigenvalue weighted by molar-refractivity contribution is 7.92. The number of nitrogens with one attached hydrogen (secondary N) is 1. The van der Waals surface area contributed by atoms with E-state index in [-0.39, 0.29) is 21.0 Å². The summed E-state index contributed by atoms with van der Waals surface area (Å²) < 4.78 is 31.7. The molecule has 9 nitrogen and oxygen atoms in total. The third kappa shape index (κ3) is 5.13. The minimum Gasteiger partial charge on any atom is -0.452 e. The van der Waals surface area contributed by atoms with Gasteiger partial charge in [-0.2, -0.15) is 0 Å². The molecule has 0 aliphatic carbocycles. The van der Waals surface area contributed by atoms with Crippen molar-refractivity contribution in [2.24, 2.45) is 5.73 Å². The predicted molar refractivity (Wildman–Crippen MR) is 120 cm³/mol. The van der Waals surface area contributed by atoms with E-state index in [1.807, 2.05) is 0 Å². The molecule has 166 valence electrons. The lowest BCUT2D eigenvalue weighted by Gasteiger charge is -2.19. The number of hydrogen-bond acceptors (Lipinski definition) is 7. The van der Waals surface area contributed by atoms with Gasteiger partial charge in [0.1, 0.15) is 5.00 Å². The average Bonchev–Trinajstić information content (AvgIpc) is 3.26. The molecule has 0 radical (unpaired) electrons. The Morgan fingerprint density at radius 2 is 1.69 bits per heavy atom. The van der Waals surface area contributed by atoms with E-state index in [1.54, 1.807) is 35.7 Å². The molecule has 0 spiro atoms. The van der Waals surface area contributed by atoms with Gasteiger partial charge in [0.15, 0.2) is 6.61 Å². The highest BCUT2D eigenvalue weighted by atomic mass is 32.2. The molecule has 2 aromatic carbocycles. The van der Waals surface area contributed by atoms with Crippen LogP contribution in [0.5, 0.6) is 0 Å². The number of carbonyl (C=O) groups excluding carboxylic acids is 3. The van der Waals surface area contributed by atoms with Crippen LogP contribution in [0.4, 0.5) is 10.7 Å². The van der Waals surface area contributed by atoms with E-state index >= 15 is 0 Å². The number of benzene rings is 2. The topological polar surface area (TPSA) is 136 Å². The number of primary amides is 1. The minimum atomic E-state index is -3.82. The van der Waals surface area contributed by atoms with Gasteiger partial charge in [-0.1, -0.05) is 18.2 Å². The average molecular weight is 474 g/mol. The lowest BCUT2D eigenvalue weighted by Crippen LogP contribution is -2.26. The lowest BCUT2D eigenvalue weighted by molar-refractivity contribution is -0.119. The summed E-state index contributed by atoms with van der Waals surface area (Å²) in [6.45, 7) is -0.592. The van der Waals surface area contributed by atoms with Gasteiger partial charge >= 0.3 is 5.97 Å². The SMILES string of the molecule is CN(c1ccccc1)S(=O)(=O)c1ccc(C(=O)OCC(=O)Nc2sccc2C(N)=O)cc1. The van der Waals surface area contributed by atoms with Gasteiger partial charge in [0, 0.05) is 7.05 Å². The van der Waals surface area contributed by atoms with Gasteiger partial charge in [-0.25, -0.2) is 13.2 Å². The van der Waals surface area contributed by atoms with Crippen LogP contribution in [0, 0.1) is 0 Å². The van der Waals surface area contributed by atoms with Gasteiger partial charge in [-0.3, -0.25) is 13.9 Å². The third-order valence-electron chi connectivity index (χ3n) is 4.39. The van der Waals surface area contributed by atoms with Crippen LogP contribution in [0.25, 0.3) is 0 Å². The second kappa shape index (κ2) is 9.62. The Hall–Kier alpha value is -3.70. The normalized spacial score (nSPS) is 10.9. The molecule has 0 saturated carbocycles. The van der Waals surface area contributed by atoms with Crippen LogP contribution in [-0.2, 0) is 19.6 Å². The number of carbonyl (C=O) groups is 3. The summed E-state index contributed by atoms with van der Waals surface area (Å²) in [5.74, 6) is -2.14. The quantitative estimate of drug-likeness (QED) is 0.483. The fourth-order valence-electron chi connectivity index (χ4n) is 2.68. The molecule has 11 heteroatoms. The number of para-hydroxylation sites is 1. The molecule has 3 N–H and O–H groups in total. The Bertz CT molecular complexity index is 1240. The molecule has 0 atom stereocenters. The molecule has 0 fully saturated rings. The van der Waals surface area contributed by atoms with Crippen molar-refractivity contribution in [2.45, 2.75) is 4.90 Å². The van der Waals surface area contributed by atoms with Crippen LogP contribution in [0.15, 0.2) is 70.9 Å². The van der Waals surface area contributed by atoms with Gasteiger partial charge in [0.05, 0.1) is 21.7 Å². The highest BCUT2D eigenvalue weighted by Crippen LogP contribution is 2.23. The zero-order chi connectivity index (χ0) is 23.3. The molecule has 0 aliphatic rings. The molecule has 3 rings (SSSR count). The standard InChI is InChI=1S/C21H19N3O6S2/c1-24(15-5-3-2-4-6-15)32(28,29)16-9-7-14(8-10-16)21(27)30-13-18(25)23-20-17(19(22)26)11-12-31-20/h2-12H,13H2,1H3,(H2,22,26)(H,23,25). The molecule has 1 heterocycles. The highest BCUT2D eigenvalue weighted by Gasteiger charge is 2.22. The first-order chi connectivity index (χ1) is 15.2. The van der Waals surface area contributed by atoms with Gasteiger partial charge in [-0.15, -0.1) is 11.3 Å². The van der Waals surface area contributed by atoms with Crippen molar-refractivity contribution in [1.29, 1.82) is 0 Å². The van der Waals surface area contributed by atoms with E-state index in [1.165, 1.54) is 37.4 Å². The van der Waals surface area contributed by atoms with E-state index in [9.17, 15) is 22.8 Å². The van der Waals surface area contributed by atoms with Crippen LogP contribution in [0.1, 0.15) is 20.7 Å². The Morgan fingerprint density at radius 3 is 2.31 bits per heavy atom. The molecule has 0 aliphatic heterocycles. The fourth-order valence-corrected chi connectivity index (χ4v) is 4.68. The number of amides is 2. The summed E-state index contributed by atoms with van der Waals surface area (Å²) in [5, 5.41) is 4.30.